The Labute approximate surface area is 158 Å². The number of aromatic nitrogens is 3. The summed E-state index contributed by atoms with van der Waals surface area (Å²) in [5.74, 6) is 1.35. The average Bonchev–Trinajstić information content (AvgIpc) is 2.94. The Kier molecular flexibility index (Phi) is 7.63. The monoisotopic (exact) mass is 378 g/mol. The number of halogens is 1. The molecule has 0 fully saturated rings. The highest BCUT2D eigenvalue weighted by molar-refractivity contribution is 7.99. The van der Waals surface area contributed by atoms with E-state index in [0.29, 0.717) is 22.7 Å². The minimum Gasteiger partial charge on any atom is -0.353 e. The van der Waals surface area contributed by atoms with Crippen molar-refractivity contribution in [2.24, 2.45) is 13.0 Å². The largest absolute Gasteiger partial charge is 0.353 e. The van der Waals surface area contributed by atoms with Gasteiger partial charge in [0.1, 0.15) is 5.82 Å². The van der Waals surface area contributed by atoms with E-state index in [0.717, 1.165) is 18.4 Å². The molecule has 1 unspecified atom stereocenters. The van der Waals surface area contributed by atoms with Crippen LogP contribution in [0.15, 0.2) is 29.4 Å². The molecule has 1 aromatic heterocycles. The maximum atomic E-state index is 13.0. The third-order valence-corrected chi connectivity index (χ3v) is 5.12. The van der Waals surface area contributed by atoms with Crippen molar-refractivity contribution in [2.45, 2.75) is 51.2 Å². The molecule has 0 radical (unpaired) electrons. The minimum absolute atomic E-state index is 0.00150. The van der Waals surface area contributed by atoms with Crippen molar-refractivity contribution in [3.8, 4) is 11.4 Å². The van der Waals surface area contributed by atoms with E-state index in [1.54, 1.807) is 12.1 Å². The van der Waals surface area contributed by atoms with Crippen molar-refractivity contribution in [3.63, 3.8) is 0 Å². The summed E-state index contributed by atoms with van der Waals surface area (Å²) in [4.78, 5) is 12.1. The normalized spacial score (nSPS) is 12.4. The number of benzene rings is 1. The molecule has 1 aromatic carbocycles. The summed E-state index contributed by atoms with van der Waals surface area (Å²) in [7, 11) is 1.84. The van der Waals surface area contributed by atoms with Crippen LogP contribution in [0.2, 0.25) is 0 Å². The molecule has 0 aliphatic rings. The molecular weight excluding hydrogens is 351 g/mol. The van der Waals surface area contributed by atoms with Crippen molar-refractivity contribution in [1.29, 1.82) is 0 Å². The van der Waals surface area contributed by atoms with Gasteiger partial charge in [-0.25, -0.2) is 4.39 Å². The number of nitrogens with zero attached hydrogens (tertiary/aromatic N) is 3. The third kappa shape index (κ3) is 6.12. The van der Waals surface area contributed by atoms with E-state index in [-0.39, 0.29) is 17.8 Å². The average molecular weight is 379 g/mol. The number of rotatable bonds is 9. The predicted octanol–water partition coefficient (Wildman–Crippen LogP) is 4.04. The van der Waals surface area contributed by atoms with Crippen LogP contribution in [0.5, 0.6) is 0 Å². The summed E-state index contributed by atoms with van der Waals surface area (Å²) < 4.78 is 14.9. The summed E-state index contributed by atoms with van der Waals surface area (Å²) in [6.07, 6.45) is 3.30. The Morgan fingerprint density at radius 1 is 1.19 bits per heavy atom. The first-order chi connectivity index (χ1) is 12.4. The zero-order valence-electron chi connectivity index (χ0n) is 15.8. The van der Waals surface area contributed by atoms with E-state index in [1.165, 1.54) is 30.3 Å². The molecule has 142 valence electrons. The van der Waals surface area contributed by atoms with Gasteiger partial charge in [-0.1, -0.05) is 38.5 Å². The summed E-state index contributed by atoms with van der Waals surface area (Å²) in [5, 5.41) is 12.0. The fourth-order valence-electron chi connectivity index (χ4n) is 2.64. The minimum atomic E-state index is -0.287. The first kappa shape index (κ1) is 20.4. The Morgan fingerprint density at radius 3 is 2.54 bits per heavy atom. The zero-order chi connectivity index (χ0) is 19.1. The van der Waals surface area contributed by atoms with Crippen molar-refractivity contribution in [2.75, 3.05) is 5.75 Å². The number of carbonyl (C=O) groups is 1. The molecular formula is C19H27FN4OS. The van der Waals surface area contributed by atoms with E-state index in [2.05, 4.69) is 29.4 Å². The standard InChI is InChI=1S/C19H27FN4OS/c1-13(2)6-5-7-14(3)21-17(25)12-26-19-23-22-18(24(19)4)15-8-10-16(20)11-9-15/h8-11,13-14H,5-7,12H2,1-4H3,(H,21,25). The molecule has 0 spiro atoms. The van der Waals surface area contributed by atoms with Gasteiger partial charge in [0.15, 0.2) is 11.0 Å². The lowest BCUT2D eigenvalue weighted by Gasteiger charge is -2.14. The second-order valence-corrected chi connectivity index (χ2v) is 7.90. The third-order valence-electron chi connectivity index (χ3n) is 4.10. The van der Waals surface area contributed by atoms with E-state index < -0.39 is 0 Å². The van der Waals surface area contributed by atoms with Crippen LogP contribution in [0.1, 0.15) is 40.0 Å². The number of amides is 1. The van der Waals surface area contributed by atoms with Gasteiger partial charge in [0.2, 0.25) is 5.91 Å². The fraction of sp³-hybridized carbons (Fsp3) is 0.526. The number of carbonyl (C=O) groups excluding carboxylic acids is 1. The lowest BCUT2D eigenvalue weighted by atomic mass is 10.0. The molecule has 1 N–H and O–H groups in total. The van der Waals surface area contributed by atoms with Gasteiger partial charge in [-0.3, -0.25) is 4.79 Å². The Balaban J connectivity index is 1.84. The van der Waals surface area contributed by atoms with Gasteiger partial charge in [-0.2, -0.15) is 0 Å². The maximum absolute atomic E-state index is 13.0. The van der Waals surface area contributed by atoms with Gasteiger partial charge in [0.05, 0.1) is 5.75 Å². The molecule has 2 rings (SSSR count). The second-order valence-electron chi connectivity index (χ2n) is 6.95. The molecule has 1 heterocycles. The van der Waals surface area contributed by atoms with Gasteiger partial charge in [-0.05, 0) is 43.5 Å². The van der Waals surface area contributed by atoms with Crippen LogP contribution in [-0.2, 0) is 11.8 Å². The van der Waals surface area contributed by atoms with Crippen LogP contribution < -0.4 is 5.32 Å². The van der Waals surface area contributed by atoms with Crippen LogP contribution >= 0.6 is 11.8 Å². The molecule has 0 saturated heterocycles. The van der Waals surface area contributed by atoms with Gasteiger partial charge in [-0.15, -0.1) is 10.2 Å². The van der Waals surface area contributed by atoms with Crippen molar-refractivity contribution in [1.82, 2.24) is 20.1 Å². The molecule has 1 amide bonds. The SMILES string of the molecule is CC(C)CCCC(C)NC(=O)CSc1nnc(-c2ccc(F)cc2)n1C. The summed E-state index contributed by atoms with van der Waals surface area (Å²) >= 11 is 1.35. The first-order valence-corrected chi connectivity index (χ1v) is 9.93. The van der Waals surface area contributed by atoms with E-state index in [4.69, 9.17) is 0 Å². The van der Waals surface area contributed by atoms with Crippen LogP contribution in [0.3, 0.4) is 0 Å². The van der Waals surface area contributed by atoms with E-state index in [9.17, 15) is 9.18 Å². The van der Waals surface area contributed by atoms with Gasteiger partial charge in [0.25, 0.3) is 0 Å². The van der Waals surface area contributed by atoms with Gasteiger partial charge in [0, 0.05) is 18.7 Å². The first-order valence-electron chi connectivity index (χ1n) is 8.94. The second kappa shape index (κ2) is 9.71. The lowest BCUT2D eigenvalue weighted by molar-refractivity contribution is -0.119. The Morgan fingerprint density at radius 2 is 1.88 bits per heavy atom. The Bertz CT molecular complexity index is 715. The quantitative estimate of drug-likeness (QED) is 0.669. The Hall–Kier alpha value is -1.89. The highest BCUT2D eigenvalue weighted by Crippen LogP contribution is 2.22. The van der Waals surface area contributed by atoms with Crippen molar-refractivity contribution >= 4 is 17.7 Å². The number of thioether (sulfide) groups is 1. The molecule has 0 aliphatic heterocycles. The molecule has 0 saturated carbocycles. The molecule has 0 aliphatic carbocycles. The number of hydrogen-bond acceptors (Lipinski definition) is 4. The summed E-state index contributed by atoms with van der Waals surface area (Å²) in [6.45, 7) is 6.46. The molecule has 1 atom stereocenters. The van der Waals surface area contributed by atoms with Crippen LogP contribution in [0, 0.1) is 11.7 Å². The van der Waals surface area contributed by atoms with Crippen LogP contribution in [0.25, 0.3) is 11.4 Å². The smallest absolute Gasteiger partial charge is 0.230 e. The number of hydrogen-bond donors (Lipinski definition) is 1. The predicted molar refractivity (Wildman–Crippen MR) is 103 cm³/mol. The molecule has 26 heavy (non-hydrogen) atoms. The highest BCUT2D eigenvalue weighted by Gasteiger charge is 2.14. The van der Waals surface area contributed by atoms with Crippen LogP contribution in [-0.4, -0.2) is 32.5 Å². The van der Waals surface area contributed by atoms with Gasteiger partial charge >= 0.3 is 0 Å². The van der Waals surface area contributed by atoms with Gasteiger partial charge < -0.3 is 9.88 Å². The zero-order valence-corrected chi connectivity index (χ0v) is 16.6. The van der Waals surface area contributed by atoms with E-state index in [1.807, 2.05) is 18.5 Å². The fourth-order valence-corrected chi connectivity index (χ4v) is 3.36. The van der Waals surface area contributed by atoms with Crippen molar-refractivity contribution in [3.05, 3.63) is 30.1 Å². The number of nitrogens with one attached hydrogen (secondary N) is 1. The molecule has 5 nitrogen and oxygen atoms in total. The molecule has 0 bridgehead atoms. The molecule has 2 aromatic rings. The van der Waals surface area contributed by atoms with Crippen molar-refractivity contribution < 1.29 is 9.18 Å². The van der Waals surface area contributed by atoms with Crippen LogP contribution in [0.4, 0.5) is 4.39 Å². The molecule has 7 heteroatoms. The highest BCUT2D eigenvalue weighted by atomic mass is 32.2. The summed E-state index contributed by atoms with van der Waals surface area (Å²) in [6, 6.07) is 6.30. The maximum Gasteiger partial charge on any atom is 0.230 e. The lowest BCUT2D eigenvalue weighted by Crippen LogP contribution is -2.33. The summed E-state index contributed by atoms with van der Waals surface area (Å²) in [5.41, 5.74) is 0.788. The topological polar surface area (TPSA) is 59.8 Å². The van der Waals surface area contributed by atoms with E-state index >= 15 is 0 Å².